The predicted molar refractivity (Wildman–Crippen MR) is 125 cm³/mol. The van der Waals surface area contributed by atoms with Gasteiger partial charge in [0.2, 0.25) is 0 Å². The van der Waals surface area contributed by atoms with E-state index in [1.54, 1.807) is 0 Å². The standard InChI is InChI=1S/C27H19F9N2O2/c28-16-2-7-19-22(12-16)37-25(38(24(19)39)17-3-5-18(6-4-17)40-27(34,35)36)10-9-15(13-25)23(26(31,32)33)14-1-8-20(29)21(30)11-14/h1-8,11-12,15,23,37H,9-10,13H2. The van der Waals surface area contributed by atoms with Gasteiger partial charge in [-0.15, -0.1) is 13.2 Å². The lowest BCUT2D eigenvalue weighted by atomic mass is 9.83. The number of carbonyl (C=O) groups excluding carboxylic acids is 1. The Kier molecular flexibility index (Phi) is 6.66. The van der Waals surface area contributed by atoms with E-state index >= 15 is 0 Å². The molecule has 5 rings (SSSR count). The normalized spacial score (nSPS) is 21.8. The number of halogens is 9. The van der Waals surface area contributed by atoms with Crippen molar-refractivity contribution in [2.75, 3.05) is 10.2 Å². The van der Waals surface area contributed by atoms with E-state index in [0.717, 1.165) is 47.4 Å². The molecular weight excluding hydrogens is 555 g/mol. The van der Waals surface area contributed by atoms with E-state index in [9.17, 15) is 44.3 Å². The number of amides is 1. The summed E-state index contributed by atoms with van der Waals surface area (Å²) in [4.78, 5) is 14.8. The third-order valence-electron chi connectivity index (χ3n) is 7.19. The summed E-state index contributed by atoms with van der Waals surface area (Å²) in [7, 11) is 0. The van der Waals surface area contributed by atoms with Crippen molar-refractivity contribution in [1.82, 2.24) is 0 Å². The fourth-order valence-corrected chi connectivity index (χ4v) is 5.69. The molecule has 4 nitrogen and oxygen atoms in total. The van der Waals surface area contributed by atoms with E-state index in [0.29, 0.717) is 12.1 Å². The van der Waals surface area contributed by atoms with Gasteiger partial charge in [0.15, 0.2) is 11.6 Å². The number of nitrogens with zero attached hydrogens (tertiary/aromatic N) is 1. The van der Waals surface area contributed by atoms with Crippen molar-refractivity contribution in [1.29, 1.82) is 0 Å². The van der Waals surface area contributed by atoms with Gasteiger partial charge in [-0.25, -0.2) is 13.2 Å². The summed E-state index contributed by atoms with van der Waals surface area (Å²) < 4.78 is 126. The lowest BCUT2D eigenvalue weighted by Gasteiger charge is -2.47. The van der Waals surface area contributed by atoms with E-state index in [4.69, 9.17) is 0 Å². The molecule has 1 saturated carbocycles. The number of benzene rings is 3. The maximum absolute atomic E-state index is 14.3. The molecule has 13 heteroatoms. The summed E-state index contributed by atoms with van der Waals surface area (Å²) in [6, 6.07) is 9.39. The molecule has 1 spiro atoms. The Morgan fingerprint density at radius 2 is 1.60 bits per heavy atom. The second kappa shape index (κ2) is 9.63. The molecule has 1 aliphatic heterocycles. The van der Waals surface area contributed by atoms with Crippen molar-refractivity contribution in [2.24, 2.45) is 5.92 Å². The van der Waals surface area contributed by atoms with Crippen molar-refractivity contribution in [2.45, 2.75) is 43.4 Å². The summed E-state index contributed by atoms with van der Waals surface area (Å²) in [6.07, 6.45) is -10.4. The van der Waals surface area contributed by atoms with Crippen LogP contribution in [0.1, 0.15) is 41.1 Å². The van der Waals surface area contributed by atoms with Crippen LogP contribution in [0, 0.1) is 23.4 Å². The van der Waals surface area contributed by atoms with Crippen LogP contribution < -0.4 is 15.0 Å². The van der Waals surface area contributed by atoms with Gasteiger partial charge in [-0.1, -0.05) is 6.07 Å². The Labute approximate surface area is 221 Å². The third-order valence-corrected chi connectivity index (χ3v) is 7.19. The second-order valence-corrected chi connectivity index (χ2v) is 9.72. The third kappa shape index (κ3) is 5.16. The van der Waals surface area contributed by atoms with Crippen LogP contribution in [0.2, 0.25) is 0 Å². The zero-order chi connectivity index (χ0) is 29.0. The van der Waals surface area contributed by atoms with Crippen LogP contribution in [0.5, 0.6) is 5.75 Å². The number of fused-ring (bicyclic) bond motifs is 1. The molecule has 0 saturated heterocycles. The number of ether oxygens (including phenoxy) is 1. The van der Waals surface area contributed by atoms with Crippen LogP contribution in [-0.2, 0) is 0 Å². The SMILES string of the molecule is O=C1c2ccc(F)cc2NC2(CCC(C(c3ccc(F)c(F)c3)C(F)(F)F)C2)N1c1ccc(OC(F)(F)F)cc1. The van der Waals surface area contributed by atoms with Gasteiger partial charge in [0.05, 0.1) is 17.2 Å². The summed E-state index contributed by atoms with van der Waals surface area (Å²) in [5.41, 5.74) is -1.95. The maximum Gasteiger partial charge on any atom is 0.573 e. The smallest absolute Gasteiger partial charge is 0.406 e. The summed E-state index contributed by atoms with van der Waals surface area (Å²) in [6.45, 7) is 0. The molecule has 1 fully saturated rings. The van der Waals surface area contributed by atoms with Gasteiger partial charge in [0, 0.05) is 5.69 Å². The Morgan fingerprint density at radius 3 is 2.23 bits per heavy atom. The second-order valence-electron chi connectivity index (χ2n) is 9.72. The molecule has 0 radical (unpaired) electrons. The first-order chi connectivity index (χ1) is 18.7. The Morgan fingerprint density at radius 1 is 0.900 bits per heavy atom. The van der Waals surface area contributed by atoms with Gasteiger partial charge in [-0.2, -0.15) is 13.2 Å². The Hall–Kier alpha value is -3.90. The zero-order valence-corrected chi connectivity index (χ0v) is 20.2. The average molecular weight is 574 g/mol. The van der Waals surface area contributed by atoms with Gasteiger partial charge in [-0.05, 0) is 85.3 Å². The van der Waals surface area contributed by atoms with Crippen LogP contribution in [0.15, 0.2) is 60.7 Å². The van der Waals surface area contributed by atoms with Crippen LogP contribution in [0.4, 0.5) is 50.9 Å². The van der Waals surface area contributed by atoms with Crippen LogP contribution in [0.3, 0.4) is 0 Å². The lowest BCUT2D eigenvalue weighted by Crippen LogP contribution is -2.59. The number of nitrogens with one attached hydrogen (secondary N) is 1. The molecule has 1 amide bonds. The fraction of sp³-hybridized carbons (Fsp3) is 0.296. The highest BCUT2D eigenvalue weighted by Crippen LogP contribution is 2.53. The van der Waals surface area contributed by atoms with Crippen molar-refractivity contribution in [3.8, 4) is 5.75 Å². The van der Waals surface area contributed by atoms with Crippen LogP contribution in [-0.4, -0.2) is 24.1 Å². The minimum Gasteiger partial charge on any atom is -0.406 e. The first-order valence-corrected chi connectivity index (χ1v) is 12.0. The maximum atomic E-state index is 14.3. The summed E-state index contributed by atoms with van der Waals surface area (Å²) >= 11 is 0. The minimum absolute atomic E-state index is 0.000861. The predicted octanol–water partition coefficient (Wildman–Crippen LogP) is 7.92. The molecule has 1 aliphatic carbocycles. The molecule has 1 heterocycles. The molecule has 3 aromatic rings. The van der Waals surface area contributed by atoms with Crippen molar-refractivity contribution in [3.63, 3.8) is 0 Å². The van der Waals surface area contributed by atoms with Gasteiger partial charge in [-0.3, -0.25) is 9.69 Å². The fourth-order valence-electron chi connectivity index (χ4n) is 5.69. The molecule has 0 aromatic heterocycles. The van der Waals surface area contributed by atoms with Gasteiger partial charge in [0.1, 0.15) is 17.2 Å². The highest BCUT2D eigenvalue weighted by atomic mass is 19.4. The summed E-state index contributed by atoms with van der Waals surface area (Å²) in [5, 5.41) is 3.01. The number of alkyl halides is 6. The highest BCUT2D eigenvalue weighted by molar-refractivity contribution is 6.12. The van der Waals surface area contributed by atoms with Gasteiger partial charge < -0.3 is 10.1 Å². The summed E-state index contributed by atoms with van der Waals surface area (Å²) in [5.74, 6) is -8.21. The van der Waals surface area contributed by atoms with E-state index < -0.39 is 64.7 Å². The first kappa shape index (κ1) is 27.7. The lowest BCUT2D eigenvalue weighted by molar-refractivity contribution is -0.274. The molecule has 1 N–H and O–H groups in total. The minimum atomic E-state index is -4.97. The molecule has 3 unspecified atom stereocenters. The zero-order valence-electron chi connectivity index (χ0n) is 20.2. The van der Waals surface area contributed by atoms with Crippen LogP contribution >= 0.6 is 0 Å². The van der Waals surface area contributed by atoms with E-state index in [1.165, 1.54) is 6.07 Å². The van der Waals surface area contributed by atoms with Crippen molar-refractivity contribution < 1.29 is 49.0 Å². The monoisotopic (exact) mass is 574 g/mol. The Bertz CT molecular complexity index is 1440. The largest absolute Gasteiger partial charge is 0.573 e. The number of anilines is 2. The molecule has 0 bridgehead atoms. The van der Waals surface area contributed by atoms with Crippen LogP contribution in [0.25, 0.3) is 0 Å². The highest BCUT2D eigenvalue weighted by Gasteiger charge is 2.56. The van der Waals surface area contributed by atoms with Gasteiger partial charge in [0.25, 0.3) is 5.91 Å². The van der Waals surface area contributed by atoms with Crippen molar-refractivity contribution in [3.05, 3.63) is 89.2 Å². The number of hydrogen-bond acceptors (Lipinski definition) is 3. The molecule has 40 heavy (non-hydrogen) atoms. The average Bonchev–Trinajstić information content (AvgIpc) is 3.23. The topological polar surface area (TPSA) is 41.6 Å². The molecule has 212 valence electrons. The van der Waals surface area contributed by atoms with Crippen molar-refractivity contribution >= 4 is 17.3 Å². The number of carbonyl (C=O) groups is 1. The molecular formula is C27H19F9N2O2. The first-order valence-electron chi connectivity index (χ1n) is 12.0. The molecule has 2 aliphatic rings. The molecule has 3 aromatic carbocycles. The van der Waals surface area contributed by atoms with E-state index in [1.807, 2.05) is 0 Å². The van der Waals surface area contributed by atoms with Gasteiger partial charge >= 0.3 is 12.5 Å². The molecule has 3 atom stereocenters. The Balaban J connectivity index is 1.56. The number of hydrogen-bond donors (Lipinski definition) is 1. The van der Waals surface area contributed by atoms with E-state index in [2.05, 4.69) is 10.1 Å². The van der Waals surface area contributed by atoms with E-state index in [-0.39, 0.29) is 36.2 Å². The number of rotatable bonds is 4. The quantitative estimate of drug-likeness (QED) is 0.322.